The molecule has 0 spiro atoms. The van der Waals surface area contributed by atoms with E-state index >= 15 is 0 Å². The summed E-state index contributed by atoms with van der Waals surface area (Å²) in [6.45, 7) is 5.86. The molecule has 1 heterocycles. The molecule has 2 aliphatic rings. The molecule has 1 aliphatic carbocycles. The molecule has 5 heteroatoms. The molecule has 0 radical (unpaired) electrons. The molecule has 1 atom stereocenters. The minimum atomic E-state index is -0.936. The molecular formula is C19H27N3O2. The fourth-order valence-electron chi connectivity index (χ4n) is 3.61. The number of hydrogen-bond donors (Lipinski definition) is 3. The Morgan fingerprint density at radius 1 is 1.12 bits per heavy atom. The minimum absolute atomic E-state index is 0.0874. The molecule has 0 bridgehead atoms. The highest BCUT2D eigenvalue weighted by atomic mass is 16.2. The number of hydrogen-bond acceptors (Lipinski definition) is 3. The van der Waals surface area contributed by atoms with Crippen LogP contribution in [0.25, 0.3) is 0 Å². The quantitative estimate of drug-likeness (QED) is 0.780. The summed E-state index contributed by atoms with van der Waals surface area (Å²) in [6.07, 6.45) is 5.76. The number of amides is 2. The average Bonchev–Trinajstić information content (AvgIpc) is 2.64. The first-order valence-electron chi connectivity index (χ1n) is 8.88. The van der Waals surface area contributed by atoms with Gasteiger partial charge in [0.2, 0.25) is 11.8 Å². The maximum Gasteiger partial charge on any atom is 0.246 e. The lowest BCUT2D eigenvalue weighted by Gasteiger charge is -2.32. The second-order valence-electron chi connectivity index (χ2n) is 7.47. The molecule has 130 valence electrons. The van der Waals surface area contributed by atoms with E-state index in [9.17, 15) is 9.59 Å². The van der Waals surface area contributed by atoms with Crippen LogP contribution in [0.4, 0.5) is 11.4 Å². The van der Waals surface area contributed by atoms with E-state index < -0.39 is 5.54 Å². The number of carbonyl (C=O) groups is 2. The summed E-state index contributed by atoms with van der Waals surface area (Å²) >= 11 is 0. The second kappa shape index (κ2) is 6.46. The van der Waals surface area contributed by atoms with Crippen LogP contribution in [0.3, 0.4) is 0 Å². The first-order valence-corrected chi connectivity index (χ1v) is 8.88. The highest BCUT2D eigenvalue weighted by molar-refractivity contribution is 6.03. The van der Waals surface area contributed by atoms with Crippen molar-refractivity contribution in [1.82, 2.24) is 5.32 Å². The lowest BCUT2D eigenvalue weighted by atomic mass is 9.92. The Morgan fingerprint density at radius 3 is 2.42 bits per heavy atom. The van der Waals surface area contributed by atoms with Gasteiger partial charge in [-0.05, 0) is 56.9 Å². The predicted molar refractivity (Wildman–Crippen MR) is 96.2 cm³/mol. The molecule has 3 N–H and O–H groups in total. The molecule has 1 aliphatic heterocycles. The SMILES string of the molecule is Cc1cc2c(cc1C)NC(C)(C(=O)NC1CCCCC1)CC(=O)N2. The van der Waals surface area contributed by atoms with E-state index in [2.05, 4.69) is 16.0 Å². The molecule has 24 heavy (non-hydrogen) atoms. The highest BCUT2D eigenvalue weighted by Gasteiger charge is 2.39. The van der Waals surface area contributed by atoms with Crippen molar-refractivity contribution < 1.29 is 9.59 Å². The molecule has 0 aromatic heterocycles. The van der Waals surface area contributed by atoms with Crippen molar-refractivity contribution in [3.63, 3.8) is 0 Å². The first-order chi connectivity index (χ1) is 11.4. The van der Waals surface area contributed by atoms with Gasteiger partial charge in [0.15, 0.2) is 0 Å². The fraction of sp³-hybridized carbons (Fsp3) is 0.579. The van der Waals surface area contributed by atoms with Crippen LogP contribution in [0, 0.1) is 13.8 Å². The van der Waals surface area contributed by atoms with Crippen molar-refractivity contribution in [3.8, 4) is 0 Å². The van der Waals surface area contributed by atoms with E-state index in [1.165, 1.54) is 6.42 Å². The average molecular weight is 329 g/mol. The normalized spacial score (nSPS) is 24.4. The smallest absolute Gasteiger partial charge is 0.246 e. The number of carbonyl (C=O) groups excluding carboxylic acids is 2. The summed E-state index contributed by atoms with van der Waals surface area (Å²) in [4.78, 5) is 25.2. The predicted octanol–water partition coefficient (Wildman–Crippen LogP) is 3.27. The molecule has 1 unspecified atom stereocenters. The number of benzene rings is 1. The van der Waals surface area contributed by atoms with Gasteiger partial charge in [-0.3, -0.25) is 9.59 Å². The summed E-state index contributed by atoms with van der Waals surface area (Å²) in [5.41, 5.74) is 2.87. The molecule has 2 amide bonds. The van der Waals surface area contributed by atoms with Gasteiger partial charge in [0.05, 0.1) is 17.8 Å². The Morgan fingerprint density at radius 2 is 1.75 bits per heavy atom. The zero-order chi connectivity index (χ0) is 17.3. The molecule has 5 nitrogen and oxygen atoms in total. The van der Waals surface area contributed by atoms with E-state index in [1.54, 1.807) is 0 Å². The van der Waals surface area contributed by atoms with Crippen LogP contribution in [0.15, 0.2) is 12.1 Å². The minimum Gasteiger partial charge on any atom is -0.369 e. The second-order valence-corrected chi connectivity index (χ2v) is 7.47. The van der Waals surface area contributed by atoms with Gasteiger partial charge in [0, 0.05) is 6.04 Å². The summed E-state index contributed by atoms with van der Waals surface area (Å²) in [5.74, 6) is -0.221. The third kappa shape index (κ3) is 3.40. The van der Waals surface area contributed by atoms with Crippen molar-refractivity contribution in [1.29, 1.82) is 0 Å². The summed E-state index contributed by atoms with van der Waals surface area (Å²) in [6, 6.07) is 4.19. The number of aryl methyl sites for hydroxylation is 2. The van der Waals surface area contributed by atoms with Crippen LogP contribution in [-0.2, 0) is 9.59 Å². The van der Waals surface area contributed by atoms with Gasteiger partial charge in [0.1, 0.15) is 5.54 Å². The van der Waals surface area contributed by atoms with Crippen LogP contribution in [0.2, 0.25) is 0 Å². The van der Waals surface area contributed by atoms with Crippen LogP contribution < -0.4 is 16.0 Å². The monoisotopic (exact) mass is 329 g/mol. The van der Waals surface area contributed by atoms with Gasteiger partial charge in [0.25, 0.3) is 0 Å². The third-order valence-electron chi connectivity index (χ3n) is 5.27. The van der Waals surface area contributed by atoms with Crippen LogP contribution in [0.5, 0.6) is 0 Å². The van der Waals surface area contributed by atoms with E-state index in [0.29, 0.717) is 0 Å². The largest absolute Gasteiger partial charge is 0.369 e. The topological polar surface area (TPSA) is 70.2 Å². The van der Waals surface area contributed by atoms with Crippen molar-refractivity contribution >= 4 is 23.2 Å². The van der Waals surface area contributed by atoms with Gasteiger partial charge in [-0.25, -0.2) is 0 Å². The van der Waals surface area contributed by atoms with Gasteiger partial charge in [-0.15, -0.1) is 0 Å². The Labute approximate surface area is 143 Å². The van der Waals surface area contributed by atoms with Gasteiger partial charge in [-0.2, -0.15) is 0 Å². The Balaban J connectivity index is 1.84. The molecule has 3 rings (SSSR count). The van der Waals surface area contributed by atoms with E-state index in [-0.39, 0.29) is 24.3 Å². The zero-order valence-electron chi connectivity index (χ0n) is 14.8. The highest BCUT2D eigenvalue weighted by Crippen LogP contribution is 2.33. The summed E-state index contributed by atoms with van der Waals surface area (Å²) in [7, 11) is 0. The molecule has 1 aromatic rings. The molecule has 1 aromatic carbocycles. The third-order valence-corrected chi connectivity index (χ3v) is 5.27. The van der Waals surface area contributed by atoms with Crippen molar-refractivity contribution in [3.05, 3.63) is 23.3 Å². The van der Waals surface area contributed by atoms with Gasteiger partial charge >= 0.3 is 0 Å². The van der Waals surface area contributed by atoms with Crippen LogP contribution in [0.1, 0.15) is 56.6 Å². The number of nitrogens with one attached hydrogen (secondary N) is 3. The van der Waals surface area contributed by atoms with E-state index in [0.717, 1.165) is 48.2 Å². The molecular weight excluding hydrogens is 302 g/mol. The van der Waals surface area contributed by atoms with Gasteiger partial charge < -0.3 is 16.0 Å². The van der Waals surface area contributed by atoms with Crippen LogP contribution in [-0.4, -0.2) is 23.4 Å². The molecule has 1 fully saturated rings. The summed E-state index contributed by atoms with van der Waals surface area (Å²) in [5, 5.41) is 9.40. The number of rotatable bonds is 2. The fourth-order valence-corrected chi connectivity index (χ4v) is 3.61. The lowest BCUT2D eigenvalue weighted by molar-refractivity contribution is -0.129. The van der Waals surface area contributed by atoms with Crippen LogP contribution >= 0.6 is 0 Å². The lowest BCUT2D eigenvalue weighted by Crippen LogP contribution is -2.54. The first kappa shape index (κ1) is 16.8. The Hall–Kier alpha value is -2.04. The van der Waals surface area contributed by atoms with E-state index in [4.69, 9.17) is 0 Å². The van der Waals surface area contributed by atoms with E-state index in [1.807, 2.05) is 32.9 Å². The number of fused-ring (bicyclic) bond motifs is 1. The Bertz CT molecular complexity index is 665. The number of anilines is 2. The van der Waals surface area contributed by atoms with Crippen molar-refractivity contribution in [2.75, 3.05) is 10.6 Å². The van der Waals surface area contributed by atoms with Crippen molar-refractivity contribution in [2.24, 2.45) is 0 Å². The molecule has 0 saturated heterocycles. The zero-order valence-corrected chi connectivity index (χ0v) is 14.8. The Kier molecular flexibility index (Phi) is 4.52. The summed E-state index contributed by atoms with van der Waals surface area (Å²) < 4.78 is 0. The van der Waals surface area contributed by atoms with Gasteiger partial charge in [-0.1, -0.05) is 19.3 Å². The molecule has 1 saturated carbocycles. The standard InChI is InChI=1S/C19H27N3O2/c1-12-9-15-16(10-13(12)2)22-19(3,11-17(23)21-15)18(24)20-14-7-5-4-6-8-14/h9-10,14,22H,4-8,11H2,1-3H3,(H,20,24)(H,21,23). The van der Waals surface area contributed by atoms with Crippen molar-refractivity contribution in [2.45, 2.75) is 70.9 Å². The maximum absolute atomic E-state index is 12.9. The maximum atomic E-state index is 12.9.